The highest BCUT2D eigenvalue weighted by Gasteiger charge is 2.45. The number of likely N-dealkylation sites (N-methyl/N-ethyl adjacent to an activating group) is 1. The van der Waals surface area contributed by atoms with Gasteiger partial charge in [0.1, 0.15) is 10.6 Å². The van der Waals surface area contributed by atoms with Crippen molar-refractivity contribution < 1.29 is 14.4 Å². The fraction of sp³-hybridized carbons (Fsp3) is 0.406. The van der Waals surface area contributed by atoms with Crippen LogP contribution >= 0.6 is 11.8 Å². The number of amides is 3. The van der Waals surface area contributed by atoms with Gasteiger partial charge in [-0.1, -0.05) is 32.6 Å². The standard InChI is InChI=1S/C32H40N8O3S/c1-4-39(5-2)17-16-34-29(41)9-7-8-22-10-13-24(14-11-22)35-21-28-31(43)40(6-3)32(44-28)26(19-33)30(42)37-25-15-12-23-20-36-38-27(23)18-25/h6,10-15,18,20,26,28,32,35H,3-5,7-9,16-17,21H2,1-2H3,(H,34,41)(H,36,38)(H,37,42). The van der Waals surface area contributed by atoms with Crippen molar-refractivity contribution in [3.8, 4) is 6.07 Å². The number of nitrogens with zero attached hydrogens (tertiary/aromatic N) is 4. The molecule has 1 aliphatic rings. The number of nitrogens with one attached hydrogen (secondary N) is 4. The Balaban J connectivity index is 1.24. The van der Waals surface area contributed by atoms with Gasteiger partial charge in [0, 0.05) is 49.0 Å². The minimum atomic E-state index is -1.10. The van der Waals surface area contributed by atoms with E-state index >= 15 is 0 Å². The molecule has 3 aromatic rings. The van der Waals surface area contributed by atoms with Gasteiger partial charge in [0.2, 0.25) is 17.7 Å². The van der Waals surface area contributed by atoms with Gasteiger partial charge in [0.05, 0.1) is 17.8 Å². The van der Waals surface area contributed by atoms with Gasteiger partial charge >= 0.3 is 0 Å². The van der Waals surface area contributed by atoms with Crippen LogP contribution in [0.3, 0.4) is 0 Å². The summed E-state index contributed by atoms with van der Waals surface area (Å²) in [6.45, 7) is 11.8. The molecule has 44 heavy (non-hydrogen) atoms. The van der Waals surface area contributed by atoms with Gasteiger partial charge in [-0.2, -0.15) is 10.4 Å². The lowest BCUT2D eigenvalue weighted by Crippen LogP contribution is -2.39. The number of carbonyl (C=O) groups is 3. The molecule has 3 atom stereocenters. The molecule has 3 unspecified atom stereocenters. The van der Waals surface area contributed by atoms with E-state index in [4.69, 9.17) is 0 Å². The van der Waals surface area contributed by atoms with Gasteiger partial charge < -0.3 is 25.8 Å². The third kappa shape index (κ3) is 8.39. The number of fused-ring (bicyclic) bond motifs is 1. The topological polar surface area (TPSA) is 146 Å². The maximum absolute atomic E-state index is 13.2. The number of benzene rings is 2. The summed E-state index contributed by atoms with van der Waals surface area (Å²) in [5, 5.41) is 25.5. The predicted molar refractivity (Wildman–Crippen MR) is 175 cm³/mol. The van der Waals surface area contributed by atoms with Crippen molar-refractivity contribution in [2.45, 2.75) is 43.7 Å². The van der Waals surface area contributed by atoms with Crippen molar-refractivity contribution in [2.75, 3.05) is 43.4 Å². The molecule has 1 fully saturated rings. The summed E-state index contributed by atoms with van der Waals surface area (Å²) in [7, 11) is 0. The molecule has 1 saturated heterocycles. The van der Waals surface area contributed by atoms with Crippen LogP contribution in [-0.2, 0) is 20.8 Å². The highest BCUT2D eigenvalue weighted by molar-refractivity contribution is 8.01. The fourth-order valence-corrected chi connectivity index (χ4v) is 6.49. The molecule has 0 radical (unpaired) electrons. The second-order valence-corrected chi connectivity index (χ2v) is 11.8. The van der Waals surface area contributed by atoms with Crippen LogP contribution in [-0.4, -0.2) is 81.1 Å². The zero-order valence-corrected chi connectivity index (χ0v) is 26.0. The molecule has 11 nitrogen and oxygen atoms in total. The number of anilines is 2. The first-order valence-electron chi connectivity index (χ1n) is 14.9. The van der Waals surface area contributed by atoms with Gasteiger partial charge in [0.15, 0.2) is 5.92 Å². The molecular formula is C32H40N8O3S. The van der Waals surface area contributed by atoms with Gasteiger partial charge in [-0.05, 0) is 61.8 Å². The smallest absolute Gasteiger partial charge is 0.244 e. The lowest BCUT2D eigenvalue weighted by Gasteiger charge is -2.23. The Bertz CT molecular complexity index is 1480. The first-order chi connectivity index (χ1) is 21.4. The number of H-pyrrole nitrogens is 1. The average Bonchev–Trinajstić information content (AvgIpc) is 3.62. The number of rotatable bonds is 16. The van der Waals surface area contributed by atoms with E-state index in [1.54, 1.807) is 18.3 Å². The summed E-state index contributed by atoms with van der Waals surface area (Å²) in [4.78, 5) is 42.1. The second-order valence-electron chi connectivity index (χ2n) is 10.5. The molecule has 232 valence electrons. The number of hydrogen-bond donors (Lipinski definition) is 4. The van der Waals surface area contributed by atoms with Crippen LogP contribution in [0.15, 0.2) is 61.4 Å². The molecule has 0 saturated carbocycles. The first kappa shape index (κ1) is 32.6. The Morgan fingerprint density at radius 3 is 2.66 bits per heavy atom. The third-order valence-corrected chi connectivity index (χ3v) is 9.16. The van der Waals surface area contributed by atoms with Gasteiger partial charge in [0.25, 0.3) is 0 Å². The van der Waals surface area contributed by atoms with Crippen LogP contribution in [0.1, 0.15) is 32.3 Å². The van der Waals surface area contributed by atoms with Crippen molar-refractivity contribution in [1.29, 1.82) is 5.26 Å². The van der Waals surface area contributed by atoms with Crippen LogP contribution in [0.4, 0.5) is 11.4 Å². The quantitative estimate of drug-likeness (QED) is 0.189. The molecule has 1 aliphatic heterocycles. The minimum Gasteiger partial charge on any atom is -0.383 e. The Morgan fingerprint density at radius 2 is 1.95 bits per heavy atom. The zero-order chi connectivity index (χ0) is 31.5. The van der Waals surface area contributed by atoms with E-state index in [1.165, 1.54) is 22.9 Å². The van der Waals surface area contributed by atoms with Crippen molar-refractivity contribution in [3.05, 3.63) is 67.0 Å². The van der Waals surface area contributed by atoms with E-state index in [0.717, 1.165) is 54.6 Å². The maximum atomic E-state index is 13.2. The molecule has 3 amide bonds. The molecule has 2 heterocycles. The molecule has 4 rings (SSSR count). The minimum absolute atomic E-state index is 0.0767. The van der Waals surface area contributed by atoms with E-state index in [2.05, 4.69) is 57.5 Å². The summed E-state index contributed by atoms with van der Waals surface area (Å²) >= 11 is 1.28. The normalized spacial score (nSPS) is 17.0. The van der Waals surface area contributed by atoms with Crippen molar-refractivity contribution >= 4 is 51.8 Å². The van der Waals surface area contributed by atoms with Gasteiger partial charge in [-0.25, -0.2) is 0 Å². The molecule has 0 bridgehead atoms. The highest BCUT2D eigenvalue weighted by Crippen LogP contribution is 2.37. The molecule has 0 spiro atoms. The number of aromatic amines is 1. The SMILES string of the molecule is C=CN1C(=O)C(CNc2ccc(CCCC(=O)NCCN(CC)CC)cc2)SC1C(C#N)C(=O)Nc1ccc2cn[nH]c2c1. The summed E-state index contributed by atoms with van der Waals surface area (Å²) in [6, 6.07) is 15.3. The maximum Gasteiger partial charge on any atom is 0.244 e. The molecule has 12 heteroatoms. The van der Waals surface area contributed by atoms with E-state index < -0.39 is 22.4 Å². The predicted octanol–water partition coefficient (Wildman–Crippen LogP) is 3.95. The first-order valence-corrected chi connectivity index (χ1v) is 15.9. The lowest BCUT2D eigenvalue weighted by atomic mass is 10.1. The Kier molecular flexibility index (Phi) is 11.8. The number of hydrogen-bond acceptors (Lipinski definition) is 8. The molecular weight excluding hydrogens is 576 g/mol. The van der Waals surface area contributed by atoms with E-state index in [0.29, 0.717) is 25.2 Å². The Morgan fingerprint density at radius 1 is 1.20 bits per heavy atom. The van der Waals surface area contributed by atoms with Gasteiger partial charge in [-0.3, -0.25) is 19.5 Å². The van der Waals surface area contributed by atoms with Crippen LogP contribution in [0.2, 0.25) is 0 Å². The molecule has 2 aromatic carbocycles. The van der Waals surface area contributed by atoms with Crippen LogP contribution in [0, 0.1) is 17.2 Å². The number of carbonyl (C=O) groups excluding carboxylic acids is 3. The van der Waals surface area contributed by atoms with Crippen LogP contribution in [0.25, 0.3) is 10.9 Å². The summed E-state index contributed by atoms with van der Waals surface area (Å²) < 4.78 is 0. The number of thioether (sulfide) groups is 1. The van der Waals surface area contributed by atoms with Crippen molar-refractivity contribution in [1.82, 2.24) is 25.3 Å². The summed E-state index contributed by atoms with van der Waals surface area (Å²) in [5.41, 5.74) is 3.28. The van der Waals surface area contributed by atoms with Gasteiger partial charge in [-0.15, -0.1) is 11.8 Å². The average molecular weight is 617 g/mol. The monoisotopic (exact) mass is 616 g/mol. The van der Waals surface area contributed by atoms with Crippen molar-refractivity contribution in [3.63, 3.8) is 0 Å². The number of aryl methyl sites for hydroxylation is 1. The van der Waals surface area contributed by atoms with E-state index in [-0.39, 0.29) is 11.8 Å². The molecule has 4 N–H and O–H groups in total. The largest absolute Gasteiger partial charge is 0.383 e. The Hall–Kier alpha value is -4.34. The third-order valence-electron chi connectivity index (χ3n) is 7.68. The zero-order valence-electron chi connectivity index (χ0n) is 25.2. The van der Waals surface area contributed by atoms with Crippen LogP contribution < -0.4 is 16.0 Å². The number of aromatic nitrogens is 2. The Labute approximate surface area is 262 Å². The molecule has 0 aliphatic carbocycles. The molecule has 1 aromatic heterocycles. The summed E-state index contributed by atoms with van der Waals surface area (Å²) in [6.07, 6.45) is 5.12. The highest BCUT2D eigenvalue weighted by atomic mass is 32.2. The number of nitriles is 1. The second kappa shape index (κ2) is 15.9. The van der Waals surface area contributed by atoms with Crippen molar-refractivity contribution in [2.24, 2.45) is 5.92 Å². The lowest BCUT2D eigenvalue weighted by molar-refractivity contribution is -0.128. The summed E-state index contributed by atoms with van der Waals surface area (Å²) in [5.74, 6) is -1.73. The van der Waals surface area contributed by atoms with Crippen LogP contribution in [0.5, 0.6) is 0 Å². The van der Waals surface area contributed by atoms with E-state index in [1.807, 2.05) is 30.3 Å². The fourth-order valence-electron chi connectivity index (χ4n) is 5.07. The van der Waals surface area contributed by atoms with E-state index in [9.17, 15) is 19.6 Å².